The Balaban J connectivity index is 2.98. The fourth-order valence-corrected chi connectivity index (χ4v) is 1.84. The van der Waals surface area contributed by atoms with E-state index in [-0.39, 0.29) is 29.7 Å². The van der Waals surface area contributed by atoms with Gasteiger partial charge in [0.25, 0.3) is 5.91 Å². The van der Waals surface area contributed by atoms with Crippen molar-refractivity contribution in [3.63, 3.8) is 0 Å². The Morgan fingerprint density at radius 1 is 1.19 bits per heavy atom. The third kappa shape index (κ3) is 6.57. The Labute approximate surface area is 156 Å². The Bertz CT molecular complexity index is 691. The molecule has 0 spiro atoms. The van der Waals surface area contributed by atoms with E-state index in [9.17, 15) is 19.2 Å². The van der Waals surface area contributed by atoms with Crippen LogP contribution in [-0.4, -0.2) is 48.7 Å². The van der Waals surface area contributed by atoms with Crippen LogP contribution in [0, 0.1) is 5.92 Å². The molecule has 0 aromatic carbocycles. The van der Waals surface area contributed by atoms with Gasteiger partial charge in [-0.2, -0.15) is 0 Å². The highest BCUT2D eigenvalue weighted by Crippen LogP contribution is 2.27. The highest BCUT2D eigenvalue weighted by Gasteiger charge is 2.23. The molecule has 1 atom stereocenters. The molecule has 0 saturated carbocycles. The molecule has 2 N–H and O–H groups in total. The maximum Gasteiger partial charge on any atom is 0.328 e. The quantitative estimate of drug-likeness (QED) is 0.346. The van der Waals surface area contributed by atoms with Gasteiger partial charge in [-0.05, 0) is 19.9 Å². The molecule has 1 aromatic heterocycles. The molecule has 27 heavy (non-hydrogen) atoms. The number of carbonyl (C=O) groups is 4. The average molecular weight is 381 g/mol. The monoisotopic (exact) mass is 381 g/mol. The maximum absolute atomic E-state index is 12.5. The van der Waals surface area contributed by atoms with E-state index in [4.69, 9.17) is 14.2 Å². The zero-order valence-electron chi connectivity index (χ0n) is 15.6. The molecule has 0 radical (unpaired) electrons. The second-order valence-electron chi connectivity index (χ2n) is 5.63. The van der Waals surface area contributed by atoms with Crippen molar-refractivity contribution in [3.8, 4) is 5.75 Å². The summed E-state index contributed by atoms with van der Waals surface area (Å²) in [6, 6.07) is 0.480. The van der Waals surface area contributed by atoms with Crippen molar-refractivity contribution in [1.82, 2.24) is 10.3 Å². The van der Waals surface area contributed by atoms with Gasteiger partial charge in [0.2, 0.25) is 13.2 Å². The number of hydrogen-bond acceptors (Lipinski definition) is 8. The molecule has 0 aliphatic carbocycles. The van der Waals surface area contributed by atoms with Crippen LogP contribution >= 0.6 is 0 Å². The van der Waals surface area contributed by atoms with Gasteiger partial charge < -0.3 is 24.8 Å². The molecule has 148 valence electrons. The smallest absolute Gasteiger partial charge is 0.328 e. The number of amides is 2. The molecular formula is C17H23N3O7. The minimum Gasteiger partial charge on any atom is -0.464 e. The van der Waals surface area contributed by atoms with E-state index in [2.05, 4.69) is 15.6 Å². The van der Waals surface area contributed by atoms with Crippen molar-refractivity contribution in [2.24, 2.45) is 5.92 Å². The van der Waals surface area contributed by atoms with E-state index in [1.165, 1.54) is 19.2 Å². The lowest BCUT2D eigenvalue weighted by molar-refractivity contribution is -0.154. The number of ether oxygens (including phenoxy) is 3. The van der Waals surface area contributed by atoms with Gasteiger partial charge in [0.15, 0.2) is 11.4 Å². The van der Waals surface area contributed by atoms with Crippen LogP contribution < -0.4 is 15.4 Å². The summed E-state index contributed by atoms with van der Waals surface area (Å²) in [6.45, 7) is 6.10. The maximum atomic E-state index is 12.5. The number of hydrogen-bond donors (Lipinski definition) is 2. The van der Waals surface area contributed by atoms with Gasteiger partial charge >= 0.3 is 11.9 Å². The van der Waals surface area contributed by atoms with Gasteiger partial charge in [-0.15, -0.1) is 0 Å². The molecule has 1 heterocycles. The molecular weight excluding hydrogens is 358 g/mol. The Hall–Kier alpha value is -3.17. The Morgan fingerprint density at radius 3 is 2.48 bits per heavy atom. The van der Waals surface area contributed by atoms with Gasteiger partial charge in [-0.25, -0.2) is 9.78 Å². The molecule has 0 saturated heterocycles. The third-order valence-electron chi connectivity index (χ3n) is 3.20. The van der Waals surface area contributed by atoms with Crippen LogP contribution in [0.3, 0.4) is 0 Å². The predicted octanol–water partition coefficient (Wildman–Crippen LogP) is 0.867. The molecule has 2 amide bonds. The summed E-state index contributed by atoms with van der Waals surface area (Å²) >= 11 is 0. The van der Waals surface area contributed by atoms with Crippen molar-refractivity contribution in [1.29, 1.82) is 0 Å². The van der Waals surface area contributed by atoms with Gasteiger partial charge in [0, 0.05) is 6.20 Å². The summed E-state index contributed by atoms with van der Waals surface area (Å²) in [4.78, 5) is 50.4. The van der Waals surface area contributed by atoms with Crippen molar-refractivity contribution < 1.29 is 33.4 Å². The fourth-order valence-electron chi connectivity index (χ4n) is 1.84. The summed E-state index contributed by atoms with van der Waals surface area (Å²) in [5.41, 5.74) is -0.0480. The molecule has 10 nitrogen and oxygen atoms in total. The van der Waals surface area contributed by atoms with Crippen molar-refractivity contribution in [3.05, 3.63) is 18.0 Å². The number of carbonyl (C=O) groups excluding carboxylic acids is 4. The van der Waals surface area contributed by atoms with Crippen molar-refractivity contribution in [2.75, 3.05) is 18.7 Å². The van der Waals surface area contributed by atoms with Crippen LogP contribution in [0.15, 0.2) is 12.3 Å². The number of anilines is 1. The third-order valence-corrected chi connectivity index (χ3v) is 3.20. The lowest BCUT2D eigenvalue weighted by atomic mass is 10.2. The van der Waals surface area contributed by atoms with Crippen LogP contribution in [0.2, 0.25) is 0 Å². The molecule has 0 aliphatic heterocycles. The first-order chi connectivity index (χ1) is 12.8. The highest BCUT2D eigenvalue weighted by molar-refractivity contribution is 5.99. The van der Waals surface area contributed by atoms with Gasteiger partial charge in [-0.1, -0.05) is 13.8 Å². The largest absolute Gasteiger partial charge is 0.464 e. The molecule has 0 aliphatic rings. The fraction of sp³-hybridized carbons (Fsp3) is 0.471. The highest BCUT2D eigenvalue weighted by atomic mass is 16.7. The van der Waals surface area contributed by atoms with Gasteiger partial charge in [0.05, 0.1) is 18.2 Å². The van der Waals surface area contributed by atoms with Gasteiger partial charge in [-0.3, -0.25) is 14.4 Å². The lowest BCUT2D eigenvalue weighted by Gasteiger charge is -2.16. The van der Waals surface area contributed by atoms with E-state index in [0.29, 0.717) is 6.41 Å². The Kier molecular flexibility index (Phi) is 8.70. The van der Waals surface area contributed by atoms with Crippen molar-refractivity contribution >= 4 is 29.9 Å². The minimum atomic E-state index is -0.923. The first-order valence-corrected chi connectivity index (χ1v) is 8.27. The van der Waals surface area contributed by atoms with E-state index in [1.807, 2.05) is 0 Å². The van der Waals surface area contributed by atoms with Crippen LogP contribution in [0.4, 0.5) is 5.69 Å². The molecule has 0 fully saturated rings. The second kappa shape index (κ2) is 10.7. The number of aromatic nitrogens is 1. The molecule has 1 rings (SSSR count). The van der Waals surface area contributed by atoms with Gasteiger partial charge in [0.1, 0.15) is 6.04 Å². The summed E-state index contributed by atoms with van der Waals surface area (Å²) in [5, 5.41) is 4.80. The standard InChI is InChI=1S/C17H23N3O7/c1-5-25-17(24)11(4)20-15(22)13-14(12(19-8-21)6-7-18-13)26-9-27-16(23)10(2)3/h6-8,10-11H,5,9H2,1-4H3,(H,20,22)(H,18,19,21). The number of nitrogens with one attached hydrogen (secondary N) is 2. The minimum absolute atomic E-state index is 0.102. The van der Waals surface area contributed by atoms with Crippen LogP contribution in [0.25, 0.3) is 0 Å². The van der Waals surface area contributed by atoms with E-state index in [1.54, 1.807) is 20.8 Å². The molecule has 0 bridgehead atoms. The topological polar surface area (TPSA) is 133 Å². The first kappa shape index (κ1) is 21.9. The zero-order valence-corrected chi connectivity index (χ0v) is 15.6. The molecule has 1 unspecified atom stereocenters. The first-order valence-electron chi connectivity index (χ1n) is 8.27. The number of esters is 2. The summed E-state index contributed by atoms with van der Waals surface area (Å²) in [6.07, 6.45) is 1.67. The second-order valence-corrected chi connectivity index (χ2v) is 5.63. The summed E-state index contributed by atoms with van der Waals surface area (Å²) < 4.78 is 15.1. The zero-order chi connectivity index (χ0) is 20.4. The van der Waals surface area contributed by atoms with E-state index in [0.717, 1.165) is 0 Å². The normalized spacial score (nSPS) is 11.3. The summed E-state index contributed by atoms with van der Waals surface area (Å²) in [5.74, 6) is -2.29. The van der Waals surface area contributed by atoms with E-state index >= 15 is 0 Å². The number of nitrogens with zero attached hydrogens (tertiary/aromatic N) is 1. The molecule has 1 aromatic rings. The van der Waals surface area contributed by atoms with Crippen LogP contribution in [0.5, 0.6) is 5.75 Å². The van der Waals surface area contributed by atoms with Crippen LogP contribution in [-0.2, 0) is 23.9 Å². The lowest BCUT2D eigenvalue weighted by Crippen LogP contribution is -2.40. The Morgan fingerprint density at radius 2 is 1.89 bits per heavy atom. The average Bonchev–Trinajstić information content (AvgIpc) is 2.62. The van der Waals surface area contributed by atoms with Crippen molar-refractivity contribution in [2.45, 2.75) is 33.7 Å². The van der Waals surface area contributed by atoms with Crippen LogP contribution in [0.1, 0.15) is 38.2 Å². The van der Waals surface area contributed by atoms with E-state index < -0.39 is 30.7 Å². The number of pyridine rings is 1. The molecule has 10 heteroatoms. The number of rotatable bonds is 10. The SMILES string of the molecule is CCOC(=O)C(C)NC(=O)c1nccc(NC=O)c1OCOC(=O)C(C)C. The summed E-state index contributed by atoms with van der Waals surface area (Å²) in [7, 11) is 0. The predicted molar refractivity (Wildman–Crippen MR) is 93.9 cm³/mol.